The quantitative estimate of drug-likeness (QED) is 0.339. The fraction of sp³-hybridized carbons (Fsp3) is 0.621. The van der Waals surface area contributed by atoms with Gasteiger partial charge in [-0.05, 0) is 80.7 Å². The van der Waals surface area contributed by atoms with E-state index >= 15 is 0 Å². The molecule has 6 nitrogen and oxygen atoms in total. The van der Waals surface area contributed by atoms with Crippen LogP contribution in [0.1, 0.15) is 104 Å². The molecule has 39 heavy (non-hydrogen) atoms. The molecule has 2 aliphatic rings. The second-order valence-corrected chi connectivity index (χ2v) is 13.1. The molecule has 2 saturated carbocycles. The summed E-state index contributed by atoms with van der Waals surface area (Å²) < 4.78 is 39.5. The van der Waals surface area contributed by atoms with Crippen molar-refractivity contribution in [1.29, 1.82) is 0 Å². The average Bonchev–Trinajstić information content (AvgIpc) is 3.48. The molecule has 0 aliphatic heterocycles. The number of hydrogen-bond donors (Lipinski definition) is 3. The molecule has 0 bridgehead atoms. The van der Waals surface area contributed by atoms with Crippen LogP contribution >= 0.6 is 11.3 Å². The van der Waals surface area contributed by atoms with Crippen LogP contribution in [0.4, 0.5) is 13.2 Å². The zero-order valence-electron chi connectivity index (χ0n) is 23.0. The van der Waals surface area contributed by atoms with E-state index in [1.807, 2.05) is 6.07 Å². The Balaban J connectivity index is 1.73. The van der Waals surface area contributed by atoms with E-state index in [1.165, 1.54) is 17.8 Å². The van der Waals surface area contributed by atoms with Crippen LogP contribution in [0, 0.1) is 5.92 Å². The van der Waals surface area contributed by atoms with Crippen LogP contribution in [0.15, 0.2) is 18.2 Å². The molecule has 3 N–H and O–H groups in total. The van der Waals surface area contributed by atoms with Gasteiger partial charge in [0.15, 0.2) is 5.01 Å². The van der Waals surface area contributed by atoms with Gasteiger partial charge >= 0.3 is 6.18 Å². The average molecular weight is 566 g/mol. The molecule has 1 atom stereocenters. The predicted molar refractivity (Wildman–Crippen MR) is 146 cm³/mol. The molecular weight excluding hydrogens is 527 g/mol. The van der Waals surface area contributed by atoms with E-state index in [0.717, 1.165) is 61.6 Å². The van der Waals surface area contributed by atoms with Crippen LogP contribution in [0.2, 0.25) is 0 Å². The van der Waals surface area contributed by atoms with Gasteiger partial charge in [0, 0.05) is 12.1 Å². The van der Waals surface area contributed by atoms with Crippen molar-refractivity contribution >= 4 is 23.2 Å². The van der Waals surface area contributed by atoms with Crippen molar-refractivity contribution in [2.24, 2.45) is 5.92 Å². The Hall–Kier alpha value is -2.46. The summed E-state index contributed by atoms with van der Waals surface area (Å²) in [4.78, 5) is 31.4. The number of thiazole rings is 1. The number of carbonyl (C=O) groups is 2. The van der Waals surface area contributed by atoms with Gasteiger partial charge in [0.25, 0.3) is 11.8 Å². The minimum atomic E-state index is -4.55. The predicted octanol–water partition coefficient (Wildman–Crippen LogP) is 6.17. The number of hydrogen-bond acceptors (Lipinski definition) is 5. The number of benzene rings is 1. The van der Waals surface area contributed by atoms with Gasteiger partial charge in [-0.15, -0.1) is 11.3 Å². The third-order valence-corrected chi connectivity index (χ3v) is 8.92. The summed E-state index contributed by atoms with van der Waals surface area (Å²) in [5.74, 6) is -0.736. The molecule has 0 radical (unpaired) electrons. The summed E-state index contributed by atoms with van der Waals surface area (Å²) >= 11 is 1.22. The van der Waals surface area contributed by atoms with Crippen LogP contribution in [-0.4, -0.2) is 46.3 Å². The maximum Gasteiger partial charge on any atom is 0.408 e. The van der Waals surface area contributed by atoms with E-state index in [1.54, 1.807) is 26.0 Å². The Kier molecular flexibility index (Phi) is 8.47. The number of rotatable bonds is 9. The number of carbonyl (C=O) groups excluding carboxylic acids is 2. The van der Waals surface area contributed by atoms with Gasteiger partial charge in [0.1, 0.15) is 6.04 Å². The van der Waals surface area contributed by atoms with Gasteiger partial charge in [-0.1, -0.05) is 39.0 Å². The Morgan fingerprint density at radius 2 is 1.79 bits per heavy atom. The summed E-state index contributed by atoms with van der Waals surface area (Å²) in [5.41, 5.74) is 1.31. The van der Waals surface area contributed by atoms with E-state index in [9.17, 15) is 27.9 Å². The van der Waals surface area contributed by atoms with E-state index in [-0.39, 0.29) is 28.4 Å². The van der Waals surface area contributed by atoms with Crippen molar-refractivity contribution in [1.82, 2.24) is 15.6 Å². The second-order valence-electron chi connectivity index (χ2n) is 12.1. The molecule has 1 heterocycles. The van der Waals surface area contributed by atoms with Crippen LogP contribution < -0.4 is 10.6 Å². The lowest BCUT2D eigenvalue weighted by Gasteiger charge is -2.21. The summed E-state index contributed by atoms with van der Waals surface area (Å²) in [7, 11) is 0. The molecule has 4 rings (SSSR count). The van der Waals surface area contributed by atoms with Gasteiger partial charge < -0.3 is 15.7 Å². The van der Waals surface area contributed by atoms with Crippen molar-refractivity contribution in [2.75, 3.05) is 6.54 Å². The van der Waals surface area contributed by atoms with Gasteiger partial charge in [0.05, 0.1) is 16.2 Å². The summed E-state index contributed by atoms with van der Waals surface area (Å²) in [6.07, 6.45) is 3.68. The van der Waals surface area contributed by atoms with Gasteiger partial charge in [0.2, 0.25) is 0 Å². The largest absolute Gasteiger partial charge is 0.408 e. The van der Waals surface area contributed by atoms with Gasteiger partial charge in [-0.25, -0.2) is 4.98 Å². The van der Waals surface area contributed by atoms with Crippen molar-refractivity contribution in [2.45, 2.75) is 102 Å². The monoisotopic (exact) mass is 565 g/mol. The smallest absolute Gasteiger partial charge is 0.389 e. The molecule has 2 aliphatic carbocycles. The molecular formula is C29H38F3N3O3S. The molecule has 1 aromatic heterocycles. The standard InChI is InChI=1S/C29H38F3N3O3S/c1-17(29(30,31)32)34-24(36)20-13-19(14-21(15-20)28(4)10-11-28)23-22(12-18-8-6-5-7-9-18)35-26(39-23)25(37)33-16-27(2,3)38/h13-15,17-18,38H,5-12,16H2,1-4H3,(H,33,37)(H,34,36)/t17-/m0/s1. The van der Waals surface area contributed by atoms with Crippen molar-refractivity contribution in [3.05, 3.63) is 40.0 Å². The minimum absolute atomic E-state index is 0.0637. The second kappa shape index (κ2) is 11.2. The molecule has 0 unspecified atom stereocenters. The Bertz CT molecular complexity index is 1210. The van der Waals surface area contributed by atoms with Crippen molar-refractivity contribution in [3.63, 3.8) is 0 Å². The van der Waals surface area contributed by atoms with Crippen LogP contribution in [0.3, 0.4) is 0 Å². The number of aromatic nitrogens is 1. The van der Waals surface area contributed by atoms with E-state index in [0.29, 0.717) is 17.9 Å². The highest BCUT2D eigenvalue weighted by atomic mass is 32.1. The molecule has 2 aromatic rings. The Labute approximate surface area is 231 Å². The van der Waals surface area contributed by atoms with E-state index in [4.69, 9.17) is 4.98 Å². The first-order valence-corrected chi connectivity index (χ1v) is 14.5. The molecule has 2 fully saturated rings. The maximum atomic E-state index is 13.2. The zero-order chi connectivity index (χ0) is 28.6. The molecule has 0 saturated heterocycles. The van der Waals surface area contributed by atoms with Crippen LogP contribution in [0.25, 0.3) is 10.4 Å². The van der Waals surface area contributed by atoms with Gasteiger partial charge in [-0.2, -0.15) is 13.2 Å². The van der Waals surface area contributed by atoms with E-state index in [2.05, 4.69) is 17.6 Å². The van der Waals surface area contributed by atoms with Crippen LogP contribution in [0.5, 0.6) is 0 Å². The third kappa shape index (κ3) is 7.60. The maximum absolute atomic E-state index is 13.2. The summed E-state index contributed by atoms with van der Waals surface area (Å²) in [6, 6.07) is 3.32. The summed E-state index contributed by atoms with van der Waals surface area (Å²) in [5, 5.41) is 15.1. The Morgan fingerprint density at radius 1 is 1.13 bits per heavy atom. The number of nitrogens with zero attached hydrogens (tertiary/aromatic N) is 1. The first-order chi connectivity index (χ1) is 18.1. The highest BCUT2D eigenvalue weighted by Gasteiger charge is 2.41. The zero-order valence-corrected chi connectivity index (χ0v) is 23.8. The lowest BCUT2D eigenvalue weighted by Crippen LogP contribution is -2.43. The fourth-order valence-electron chi connectivity index (χ4n) is 4.93. The lowest BCUT2D eigenvalue weighted by molar-refractivity contribution is -0.149. The number of nitrogens with one attached hydrogen (secondary N) is 2. The molecule has 214 valence electrons. The highest BCUT2D eigenvalue weighted by molar-refractivity contribution is 7.17. The minimum Gasteiger partial charge on any atom is -0.389 e. The number of amides is 2. The highest BCUT2D eigenvalue weighted by Crippen LogP contribution is 2.49. The fourth-order valence-corrected chi connectivity index (χ4v) is 5.92. The number of alkyl halides is 3. The molecule has 2 amide bonds. The summed E-state index contributed by atoms with van der Waals surface area (Å²) in [6.45, 7) is 6.27. The normalized spacial score (nSPS) is 18.5. The molecule has 10 heteroatoms. The van der Waals surface area contributed by atoms with E-state index < -0.39 is 23.7 Å². The lowest BCUT2D eigenvalue weighted by atomic mass is 9.85. The van der Waals surface area contributed by atoms with Gasteiger partial charge in [-0.3, -0.25) is 9.59 Å². The number of halogens is 3. The van der Waals surface area contributed by atoms with Crippen molar-refractivity contribution in [3.8, 4) is 10.4 Å². The molecule has 0 spiro atoms. The van der Waals surface area contributed by atoms with Crippen molar-refractivity contribution < 1.29 is 27.9 Å². The number of aliphatic hydroxyl groups is 1. The topological polar surface area (TPSA) is 91.3 Å². The SMILES string of the molecule is C[C@H](NC(=O)c1cc(-c2sc(C(=O)NCC(C)(C)O)nc2CC2CCCCC2)cc(C2(C)CC2)c1)C(F)(F)F. The third-order valence-electron chi connectivity index (χ3n) is 7.77. The van der Waals surface area contributed by atoms with Crippen LogP contribution in [-0.2, 0) is 11.8 Å². The molecule has 1 aromatic carbocycles. The Morgan fingerprint density at radius 3 is 2.38 bits per heavy atom. The first-order valence-electron chi connectivity index (χ1n) is 13.7. The first kappa shape index (κ1) is 29.5.